The van der Waals surface area contributed by atoms with Gasteiger partial charge in [-0.05, 0) is 59.8 Å². The van der Waals surface area contributed by atoms with Gasteiger partial charge in [0.25, 0.3) is 11.8 Å². The third kappa shape index (κ3) is 7.43. The number of carbonyl (C=O) groups is 3. The van der Waals surface area contributed by atoms with Gasteiger partial charge in [0.1, 0.15) is 5.84 Å². The Morgan fingerprint density at radius 3 is 2.18 bits per heavy atom. The second-order valence-corrected chi connectivity index (χ2v) is 10.6. The van der Waals surface area contributed by atoms with E-state index in [2.05, 4.69) is 14.8 Å². The van der Waals surface area contributed by atoms with E-state index in [0.717, 1.165) is 6.26 Å². The Kier molecular flexibility index (Phi) is 9.26. The lowest BCUT2D eigenvalue weighted by molar-refractivity contribution is 0.0748. The highest BCUT2D eigenvalue weighted by Crippen LogP contribution is 2.30. The van der Waals surface area contributed by atoms with Crippen LogP contribution in [0.5, 0.6) is 0 Å². The number of anilines is 1. The van der Waals surface area contributed by atoms with E-state index in [-0.39, 0.29) is 28.1 Å². The summed E-state index contributed by atoms with van der Waals surface area (Å²) in [5.74, 6) is -1.55. The summed E-state index contributed by atoms with van der Waals surface area (Å²) in [6, 6.07) is 17.0. The molecule has 0 aliphatic heterocycles. The molecule has 0 spiro atoms. The van der Waals surface area contributed by atoms with Crippen LogP contribution >= 0.6 is 11.8 Å². The van der Waals surface area contributed by atoms with Crippen LogP contribution in [0.15, 0.2) is 66.7 Å². The number of amides is 2. The molecule has 198 valence electrons. The number of nitrogen functional groups attached to an aromatic ring is 1. The molecular formula is C26H26N4O6S2. The number of hydrogen-bond donors (Lipinski definition) is 4. The fourth-order valence-electron chi connectivity index (χ4n) is 3.49. The number of thioether (sulfide) groups is 1. The van der Waals surface area contributed by atoms with Gasteiger partial charge in [-0.15, -0.1) is 0 Å². The number of carbonyl (C=O) groups excluding carboxylic acids is 3. The van der Waals surface area contributed by atoms with E-state index in [1.807, 2.05) is 6.26 Å². The molecule has 2 amide bonds. The maximum atomic E-state index is 13.2. The van der Waals surface area contributed by atoms with Crippen molar-refractivity contribution in [1.82, 2.24) is 5.32 Å². The van der Waals surface area contributed by atoms with Crippen LogP contribution in [0.4, 0.5) is 5.69 Å². The van der Waals surface area contributed by atoms with E-state index in [1.165, 1.54) is 18.2 Å². The molecule has 0 atom stereocenters. The van der Waals surface area contributed by atoms with Gasteiger partial charge >= 0.3 is 16.1 Å². The summed E-state index contributed by atoms with van der Waals surface area (Å²) in [5.41, 5.74) is 7.06. The molecule has 12 heteroatoms. The minimum absolute atomic E-state index is 0.108. The zero-order valence-electron chi connectivity index (χ0n) is 20.6. The summed E-state index contributed by atoms with van der Waals surface area (Å²) in [4.78, 5) is 38.7. The molecule has 10 nitrogen and oxygen atoms in total. The maximum absolute atomic E-state index is 13.2. The molecule has 0 heterocycles. The van der Waals surface area contributed by atoms with Gasteiger partial charge in [0.15, 0.2) is 0 Å². The zero-order valence-corrected chi connectivity index (χ0v) is 22.2. The average molecular weight is 555 g/mol. The van der Waals surface area contributed by atoms with Crippen LogP contribution in [-0.4, -0.2) is 56.8 Å². The minimum atomic E-state index is -4.15. The molecule has 0 fully saturated rings. The van der Waals surface area contributed by atoms with Crippen molar-refractivity contribution in [3.05, 3.63) is 89.0 Å². The lowest BCUT2D eigenvalue weighted by Gasteiger charge is -2.15. The first-order valence-corrected chi connectivity index (χ1v) is 14.4. The summed E-state index contributed by atoms with van der Waals surface area (Å²) in [5, 5.41) is 13.0. The van der Waals surface area contributed by atoms with Gasteiger partial charge in [-0.25, -0.2) is 4.79 Å². The molecule has 3 aromatic rings. The number of benzene rings is 3. The first-order chi connectivity index (χ1) is 18.0. The Balaban J connectivity index is 2.03. The van der Waals surface area contributed by atoms with Gasteiger partial charge in [-0.2, -0.15) is 20.2 Å². The Morgan fingerprint density at radius 2 is 1.55 bits per heavy atom. The molecule has 38 heavy (non-hydrogen) atoms. The third-order valence-corrected chi connectivity index (χ3v) is 6.30. The molecule has 5 N–H and O–H groups in total. The zero-order chi connectivity index (χ0) is 27.9. The van der Waals surface area contributed by atoms with Crippen LogP contribution in [0.1, 0.15) is 36.6 Å². The summed E-state index contributed by atoms with van der Waals surface area (Å²) < 4.78 is 28.0. The Labute approximate surface area is 224 Å². The van der Waals surface area contributed by atoms with Crippen molar-refractivity contribution < 1.29 is 27.0 Å². The third-order valence-electron chi connectivity index (χ3n) is 5.24. The quantitative estimate of drug-likeness (QED) is 0.128. The molecule has 0 aliphatic rings. The van der Waals surface area contributed by atoms with Crippen LogP contribution in [0.25, 0.3) is 11.1 Å². The highest BCUT2D eigenvalue weighted by atomic mass is 32.2. The number of amidine groups is 1. The fourth-order valence-corrected chi connectivity index (χ4v) is 4.16. The largest absolute Gasteiger partial charge is 0.384 e. The van der Waals surface area contributed by atoms with Gasteiger partial charge in [0.2, 0.25) is 0 Å². The number of rotatable bonds is 10. The van der Waals surface area contributed by atoms with Crippen molar-refractivity contribution in [2.24, 2.45) is 5.73 Å². The van der Waals surface area contributed by atoms with Crippen LogP contribution in [0.3, 0.4) is 0 Å². The fraction of sp³-hybridized carbons (Fsp3) is 0.154. The topological polar surface area (TPSA) is 169 Å². The van der Waals surface area contributed by atoms with E-state index in [4.69, 9.17) is 11.1 Å². The van der Waals surface area contributed by atoms with Gasteiger partial charge < -0.3 is 20.6 Å². The Hall–Kier alpha value is -4.16. The predicted octanol–water partition coefficient (Wildman–Crippen LogP) is 3.10. The van der Waals surface area contributed by atoms with Crippen molar-refractivity contribution in [2.45, 2.75) is 0 Å². The summed E-state index contributed by atoms with van der Waals surface area (Å²) in [6.45, 7) is 0.404. The first-order valence-electron chi connectivity index (χ1n) is 11.2. The average Bonchev–Trinajstić information content (AvgIpc) is 2.87. The van der Waals surface area contributed by atoms with Crippen LogP contribution in [0, 0.1) is 5.41 Å². The van der Waals surface area contributed by atoms with Gasteiger partial charge in [0.05, 0.1) is 11.8 Å². The standard InChI is InChI=1S/C26H26N4O6S2/c1-37-14-13-29-24(31)17-9-12-20(22(15-17)26(33)36-38(2,34)35)19-5-3-4-6-21(19)25(32)30-18-10-7-16(8-11-18)23(27)28/h3-12,15H,13-14H2,1-2H3,(H3,27,28)(H,29,31)(H,30,32). The molecule has 0 saturated heterocycles. The van der Waals surface area contributed by atoms with Gasteiger partial charge in [-0.1, -0.05) is 24.3 Å². The van der Waals surface area contributed by atoms with Crippen molar-refractivity contribution in [3.63, 3.8) is 0 Å². The smallest absolute Gasteiger partial charge is 0.354 e. The second kappa shape index (κ2) is 12.4. The summed E-state index contributed by atoms with van der Waals surface area (Å²) in [6.07, 6.45) is 2.64. The summed E-state index contributed by atoms with van der Waals surface area (Å²) in [7, 11) is -4.15. The Morgan fingerprint density at radius 1 is 0.921 bits per heavy atom. The second-order valence-electron chi connectivity index (χ2n) is 8.07. The van der Waals surface area contributed by atoms with E-state index in [0.29, 0.717) is 29.1 Å². The highest BCUT2D eigenvalue weighted by Gasteiger charge is 2.23. The molecule has 0 unspecified atom stereocenters. The molecule has 0 aromatic heterocycles. The number of nitrogens with one attached hydrogen (secondary N) is 3. The first kappa shape index (κ1) is 28.4. The lowest BCUT2D eigenvalue weighted by atomic mass is 9.93. The van der Waals surface area contributed by atoms with E-state index in [9.17, 15) is 22.8 Å². The van der Waals surface area contributed by atoms with Gasteiger partial charge in [0, 0.05) is 34.7 Å². The number of hydrogen-bond acceptors (Lipinski definition) is 8. The molecule has 0 bridgehead atoms. The van der Waals surface area contributed by atoms with Crippen molar-refractivity contribution >= 4 is 51.2 Å². The molecular weight excluding hydrogens is 528 g/mol. The molecule has 3 aromatic carbocycles. The maximum Gasteiger partial charge on any atom is 0.354 e. The molecule has 0 aliphatic carbocycles. The Bertz CT molecular complexity index is 1490. The molecule has 3 rings (SSSR count). The summed E-state index contributed by atoms with van der Waals surface area (Å²) >= 11 is 1.55. The number of nitrogens with two attached hydrogens (primary N) is 1. The lowest BCUT2D eigenvalue weighted by Crippen LogP contribution is -2.26. The highest BCUT2D eigenvalue weighted by molar-refractivity contribution is 7.98. The van der Waals surface area contributed by atoms with Crippen molar-refractivity contribution in [2.75, 3.05) is 30.1 Å². The normalized spacial score (nSPS) is 10.9. The van der Waals surface area contributed by atoms with Crippen LogP contribution in [0.2, 0.25) is 0 Å². The molecule has 0 radical (unpaired) electrons. The minimum Gasteiger partial charge on any atom is -0.384 e. The van der Waals surface area contributed by atoms with E-state index < -0.39 is 27.9 Å². The van der Waals surface area contributed by atoms with Crippen LogP contribution in [-0.2, 0) is 14.3 Å². The van der Waals surface area contributed by atoms with Crippen LogP contribution < -0.4 is 16.4 Å². The van der Waals surface area contributed by atoms with E-state index >= 15 is 0 Å². The molecule has 0 saturated carbocycles. The predicted molar refractivity (Wildman–Crippen MR) is 148 cm³/mol. The van der Waals surface area contributed by atoms with Gasteiger partial charge in [-0.3, -0.25) is 15.0 Å². The van der Waals surface area contributed by atoms with Crippen molar-refractivity contribution in [3.8, 4) is 11.1 Å². The SMILES string of the molecule is CSCCNC(=O)c1ccc(-c2ccccc2C(=O)Nc2ccc(C(=N)N)cc2)c(C(=O)OS(C)(=O)=O)c1. The monoisotopic (exact) mass is 554 g/mol. The van der Waals surface area contributed by atoms with Crippen molar-refractivity contribution in [1.29, 1.82) is 5.41 Å². The van der Waals surface area contributed by atoms with E-state index in [1.54, 1.807) is 60.3 Å².